The molecule has 1 aliphatic heterocycles. The third kappa shape index (κ3) is 2.80. The maximum Gasteiger partial charge on any atom is 0.257 e. The number of aromatic nitrogens is 2. The number of nitrogens with one attached hydrogen (secondary N) is 1. The van der Waals surface area contributed by atoms with Gasteiger partial charge in [-0.1, -0.05) is 6.07 Å². The second-order valence-corrected chi connectivity index (χ2v) is 8.46. The molecule has 6 nitrogen and oxygen atoms in total. The van der Waals surface area contributed by atoms with Crippen LogP contribution >= 0.6 is 11.3 Å². The van der Waals surface area contributed by atoms with Crippen molar-refractivity contribution >= 4 is 27.1 Å². The molecular weight excluding hydrogens is 322 g/mol. The van der Waals surface area contributed by atoms with E-state index in [0.717, 1.165) is 4.88 Å². The molecule has 1 amide bonds. The zero-order valence-corrected chi connectivity index (χ0v) is 13.8. The lowest BCUT2D eigenvalue weighted by atomic mass is 10.1. The van der Waals surface area contributed by atoms with E-state index < -0.39 is 9.84 Å². The molecule has 8 heteroatoms. The summed E-state index contributed by atoms with van der Waals surface area (Å²) in [4.78, 5) is 15.4. The molecule has 0 radical (unpaired) electrons. The Balaban J connectivity index is 1.89. The van der Waals surface area contributed by atoms with Gasteiger partial charge in [-0.15, -0.1) is 11.3 Å². The number of amides is 1. The van der Waals surface area contributed by atoms with Crippen LogP contribution < -0.4 is 0 Å². The molecule has 0 spiro atoms. The molecule has 118 valence electrons. The zero-order chi connectivity index (χ0) is 15.7. The number of hydrogen-bond acceptors (Lipinski definition) is 5. The zero-order valence-electron chi connectivity index (χ0n) is 12.2. The number of rotatable bonds is 4. The lowest BCUT2D eigenvalue weighted by molar-refractivity contribution is 0.0709. The minimum absolute atomic E-state index is 0.0543. The fraction of sp³-hybridized carbons (Fsp3) is 0.429. The summed E-state index contributed by atoms with van der Waals surface area (Å²) in [6.07, 6.45) is 2.03. The van der Waals surface area contributed by atoms with Crippen LogP contribution in [0.5, 0.6) is 0 Å². The minimum Gasteiger partial charge on any atom is -0.335 e. The SMILES string of the molecule is CCN(C(=O)c1cn[nH]c1-c1cccs1)C1CCS(=O)(=O)C1. The Hall–Kier alpha value is -1.67. The fourth-order valence-electron chi connectivity index (χ4n) is 2.80. The Morgan fingerprint density at radius 1 is 1.55 bits per heavy atom. The van der Waals surface area contributed by atoms with Crippen LogP contribution in [0.2, 0.25) is 0 Å². The summed E-state index contributed by atoms with van der Waals surface area (Å²) in [5.74, 6) is 0.0466. The van der Waals surface area contributed by atoms with Crippen molar-refractivity contribution in [2.24, 2.45) is 0 Å². The fourth-order valence-corrected chi connectivity index (χ4v) is 5.27. The number of hydrogen-bond donors (Lipinski definition) is 1. The lowest BCUT2D eigenvalue weighted by Crippen LogP contribution is -2.41. The smallest absolute Gasteiger partial charge is 0.257 e. The van der Waals surface area contributed by atoms with E-state index in [2.05, 4.69) is 10.2 Å². The van der Waals surface area contributed by atoms with Crippen molar-refractivity contribution in [3.05, 3.63) is 29.3 Å². The first-order valence-corrected chi connectivity index (χ1v) is 9.80. The van der Waals surface area contributed by atoms with E-state index in [9.17, 15) is 13.2 Å². The molecule has 0 aromatic carbocycles. The van der Waals surface area contributed by atoms with Gasteiger partial charge in [0.05, 0.1) is 33.8 Å². The van der Waals surface area contributed by atoms with Gasteiger partial charge >= 0.3 is 0 Å². The summed E-state index contributed by atoms with van der Waals surface area (Å²) in [5.41, 5.74) is 1.19. The summed E-state index contributed by atoms with van der Waals surface area (Å²) in [6.45, 7) is 2.35. The van der Waals surface area contributed by atoms with Crippen LogP contribution in [0.4, 0.5) is 0 Å². The highest BCUT2D eigenvalue weighted by atomic mass is 32.2. The van der Waals surface area contributed by atoms with E-state index in [1.165, 1.54) is 17.5 Å². The molecule has 1 aliphatic rings. The molecule has 22 heavy (non-hydrogen) atoms. The van der Waals surface area contributed by atoms with Crippen LogP contribution in [0.1, 0.15) is 23.7 Å². The van der Waals surface area contributed by atoms with Gasteiger partial charge in [0.15, 0.2) is 9.84 Å². The van der Waals surface area contributed by atoms with Crippen molar-refractivity contribution in [3.8, 4) is 10.6 Å². The second-order valence-electron chi connectivity index (χ2n) is 5.28. The molecule has 1 saturated heterocycles. The van der Waals surface area contributed by atoms with Gasteiger partial charge in [-0.2, -0.15) is 5.10 Å². The summed E-state index contributed by atoms with van der Waals surface area (Å²) in [7, 11) is -3.02. The Kier molecular flexibility index (Phi) is 4.05. The van der Waals surface area contributed by atoms with Gasteiger partial charge in [-0.25, -0.2) is 8.42 Å². The van der Waals surface area contributed by atoms with E-state index >= 15 is 0 Å². The van der Waals surface area contributed by atoms with Crippen molar-refractivity contribution in [3.63, 3.8) is 0 Å². The molecule has 1 fully saturated rings. The highest BCUT2D eigenvalue weighted by molar-refractivity contribution is 7.91. The molecular formula is C14H17N3O3S2. The molecule has 1 atom stereocenters. The second kappa shape index (κ2) is 5.85. The molecule has 1 unspecified atom stereocenters. The van der Waals surface area contributed by atoms with Gasteiger partial charge in [0.25, 0.3) is 5.91 Å². The lowest BCUT2D eigenvalue weighted by Gasteiger charge is -2.26. The monoisotopic (exact) mass is 339 g/mol. The summed E-state index contributed by atoms with van der Waals surface area (Å²) >= 11 is 1.53. The first-order valence-electron chi connectivity index (χ1n) is 7.10. The summed E-state index contributed by atoms with van der Waals surface area (Å²) in [6, 6.07) is 3.59. The van der Waals surface area contributed by atoms with Crippen molar-refractivity contribution in [2.75, 3.05) is 18.1 Å². The number of carbonyl (C=O) groups excluding carboxylic acids is 1. The van der Waals surface area contributed by atoms with E-state index in [1.807, 2.05) is 24.4 Å². The molecule has 2 aromatic rings. The molecule has 3 heterocycles. The molecule has 0 aliphatic carbocycles. The summed E-state index contributed by atoms with van der Waals surface area (Å²) < 4.78 is 23.3. The quantitative estimate of drug-likeness (QED) is 0.920. The predicted molar refractivity (Wildman–Crippen MR) is 85.7 cm³/mol. The normalized spacial score (nSPS) is 20.1. The Morgan fingerprint density at radius 2 is 2.36 bits per heavy atom. The van der Waals surface area contributed by atoms with E-state index in [4.69, 9.17) is 0 Å². The van der Waals surface area contributed by atoms with Crippen LogP contribution in [0.3, 0.4) is 0 Å². The standard InChI is InChI=1S/C14H17N3O3S2/c1-2-17(10-5-7-22(19,20)9-10)14(18)11-8-15-16-13(11)12-4-3-6-21-12/h3-4,6,8,10H,2,5,7,9H2,1H3,(H,15,16). The molecule has 0 bridgehead atoms. The number of sulfone groups is 1. The van der Waals surface area contributed by atoms with Gasteiger partial charge in [-0.3, -0.25) is 9.89 Å². The summed E-state index contributed by atoms with van der Waals surface area (Å²) in [5, 5.41) is 8.79. The molecule has 3 rings (SSSR count). The minimum atomic E-state index is -3.02. The van der Waals surface area contributed by atoms with Gasteiger partial charge in [-0.05, 0) is 24.8 Å². The van der Waals surface area contributed by atoms with Crippen LogP contribution in [0.25, 0.3) is 10.6 Å². The number of thiophene rings is 1. The van der Waals surface area contributed by atoms with E-state index in [-0.39, 0.29) is 23.5 Å². The van der Waals surface area contributed by atoms with Crippen molar-refractivity contribution in [1.29, 1.82) is 0 Å². The van der Waals surface area contributed by atoms with Gasteiger partial charge < -0.3 is 4.90 Å². The topological polar surface area (TPSA) is 83.1 Å². The molecule has 0 saturated carbocycles. The number of nitrogens with zero attached hydrogens (tertiary/aromatic N) is 2. The number of H-pyrrole nitrogens is 1. The average molecular weight is 339 g/mol. The highest BCUT2D eigenvalue weighted by Gasteiger charge is 2.35. The third-order valence-electron chi connectivity index (χ3n) is 3.89. The molecule has 1 N–H and O–H groups in total. The first kappa shape index (κ1) is 15.2. The number of aromatic amines is 1. The maximum atomic E-state index is 12.8. The Morgan fingerprint density at radius 3 is 2.95 bits per heavy atom. The first-order chi connectivity index (χ1) is 10.5. The van der Waals surface area contributed by atoms with E-state index in [0.29, 0.717) is 24.2 Å². The van der Waals surface area contributed by atoms with Crippen molar-refractivity contribution in [1.82, 2.24) is 15.1 Å². The van der Waals surface area contributed by atoms with Gasteiger partial charge in [0.1, 0.15) is 0 Å². The molecule has 2 aromatic heterocycles. The maximum absolute atomic E-state index is 12.8. The largest absolute Gasteiger partial charge is 0.335 e. The van der Waals surface area contributed by atoms with Crippen LogP contribution in [-0.2, 0) is 9.84 Å². The van der Waals surface area contributed by atoms with Crippen LogP contribution in [-0.4, -0.2) is 53.5 Å². The number of carbonyl (C=O) groups is 1. The third-order valence-corrected chi connectivity index (χ3v) is 6.53. The van der Waals surface area contributed by atoms with Crippen LogP contribution in [0, 0.1) is 0 Å². The van der Waals surface area contributed by atoms with Gasteiger partial charge in [0.2, 0.25) is 0 Å². The van der Waals surface area contributed by atoms with Crippen molar-refractivity contribution < 1.29 is 13.2 Å². The van der Waals surface area contributed by atoms with Gasteiger partial charge in [0, 0.05) is 12.6 Å². The highest BCUT2D eigenvalue weighted by Crippen LogP contribution is 2.28. The predicted octanol–water partition coefficient (Wildman–Crippen LogP) is 1.79. The Bertz CT molecular complexity index is 765. The average Bonchev–Trinajstić information content (AvgIpc) is 3.18. The Labute approximate surface area is 133 Å². The van der Waals surface area contributed by atoms with Crippen LogP contribution in [0.15, 0.2) is 23.7 Å². The van der Waals surface area contributed by atoms with E-state index in [1.54, 1.807) is 4.90 Å². The van der Waals surface area contributed by atoms with Crippen molar-refractivity contribution in [2.45, 2.75) is 19.4 Å².